The molecule has 0 aliphatic carbocycles. The van der Waals surface area contributed by atoms with Crippen molar-refractivity contribution < 1.29 is 0 Å². The van der Waals surface area contributed by atoms with Gasteiger partial charge in [-0.25, -0.2) is 0 Å². The molecule has 0 saturated heterocycles. The molecule has 5 heteroatoms. The average Bonchev–Trinajstić information content (AvgIpc) is 1.59. The summed E-state index contributed by atoms with van der Waals surface area (Å²) in [5.74, 6) is 0.555. The van der Waals surface area contributed by atoms with E-state index in [2.05, 4.69) is 18.9 Å². The van der Waals surface area contributed by atoms with E-state index in [1.165, 1.54) is 0 Å². The minimum atomic E-state index is -2.14. The van der Waals surface area contributed by atoms with Crippen LogP contribution in [0.25, 0.3) is 0 Å². The van der Waals surface area contributed by atoms with Crippen LogP contribution in [0.3, 0.4) is 0 Å². The molecule has 0 unspecified atom stereocenters. The van der Waals surface area contributed by atoms with Crippen LogP contribution < -0.4 is 16.1 Å². The zero-order valence-corrected chi connectivity index (χ0v) is 7.51. The summed E-state index contributed by atoms with van der Waals surface area (Å²) in [5, 5.41) is 2.90. The van der Waals surface area contributed by atoms with Crippen LogP contribution >= 0.6 is 6.49 Å². The SMILES string of the molecule is CC(C)CNP(N)(N)=S. The van der Waals surface area contributed by atoms with Crippen LogP contribution in [0.2, 0.25) is 0 Å². The number of hydrogen-bond donors (Lipinski definition) is 3. The Balaban J connectivity index is 3.40. The topological polar surface area (TPSA) is 64.1 Å². The summed E-state index contributed by atoms with van der Waals surface area (Å²) in [5.41, 5.74) is 10.8. The first-order valence-electron chi connectivity index (χ1n) is 2.84. The Kier molecular flexibility index (Phi) is 3.85. The van der Waals surface area contributed by atoms with Crippen LogP contribution in [-0.2, 0) is 11.8 Å². The summed E-state index contributed by atoms with van der Waals surface area (Å²) < 4.78 is 0. The van der Waals surface area contributed by atoms with Crippen molar-refractivity contribution in [3.8, 4) is 0 Å². The van der Waals surface area contributed by atoms with E-state index in [9.17, 15) is 0 Å². The third-order valence-electron chi connectivity index (χ3n) is 0.747. The molecule has 3 nitrogen and oxygen atoms in total. The van der Waals surface area contributed by atoms with Gasteiger partial charge in [0.2, 0.25) is 0 Å². The van der Waals surface area contributed by atoms with Crippen LogP contribution in [0, 0.1) is 5.92 Å². The summed E-state index contributed by atoms with van der Waals surface area (Å²) in [7, 11) is 0. The smallest absolute Gasteiger partial charge is 0.132 e. The molecule has 9 heavy (non-hydrogen) atoms. The first kappa shape index (κ1) is 9.53. The van der Waals surface area contributed by atoms with Crippen LogP contribution in [-0.4, -0.2) is 6.54 Å². The number of nitrogens with two attached hydrogens (primary N) is 2. The van der Waals surface area contributed by atoms with Crippen molar-refractivity contribution in [2.24, 2.45) is 16.9 Å². The van der Waals surface area contributed by atoms with Gasteiger partial charge in [0.05, 0.1) is 0 Å². The molecular formula is C4H14N3PS. The molecule has 0 fully saturated rings. The van der Waals surface area contributed by atoms with Crippen molar-refractivity contribution in [3.05, 3.63) is 0 Å². The van der Waals surface area contributed by atoms with E-state index in [1.807, 2.05) is 0 Å². The van der Waals surface area contributed by atoms with E-state index in [0.717, 1.165) is 6.54 Å². The average molecular weight is 167 g/mol. The zero-order chi connectivity index (χ0) is 7.49. The maximum atomic E-state index is 5.38. The first-order valence-corrected chi connectivity index (χ1v) is 5.78. The fraction of sp³-hybridized carbons (Fsp3) is 1.00. The summed E-state index contributed by atoms with van der Waals surface area (Å²) in [4.78, 5) is 0. The van der Waals surface area contributed by atoms with E-state index in [4.69, 9.17) is 22.8 Å². The van der Waals surface area contributed by atoms with Gasteiger partial charge in [-0.05, 0) is 17.7 Å². The second-order valence-corrected chi connectivity index (χ2v) is 6.01. The Morgan fingerprint density at radius 3 is 2.11 bits per heavy atom. The third-order valence-corrected chi connectivity index (χ3v) is 1.81. The zero-order valence-electron chi connectivity index (χ0n) is 5.79. The van der Waals surface area contributed by atoms with Crippen LogP contribution in [0.15, 0.2) is 0 Å². The minimum Gasteiger partial charge on any atom is -0.280 e. The van der Waals surface area contributed by atoms with Gasteiger partial charge in [-0.3, -0.25) is 16.1 Å². The highest BCUT2D eigenvalue weighted by Crippen LogP contribution is 2.17. The van der Waals surface area contributed by atoms with Gasteiger partial charge in [0.25, 0.3) is 0 Å². The predicted octanol–water partition coefficient (Wildman–Crippen LogP) is 0.374. The second-order valence-electron chi connectivity index (χ2n) is 2.47. The molecule has 5 N–H and O–H groups in total. The van der Waals surface area contributed by atoms with Crippen LogP contribution in [0.1, 0.15) is 13.8 Å². The molecule has 0 atom stereocenters. The van der Waals surface area contributed by atoms with Gasteiger partial charge in [0.15, 0.2) is 0 Å². The molecular weight excluding hydrogens is 153 g/mol. The van der Waals surface area contributed by atoms with E-state index >= 15 is 0 Å². The minimum absolute atomic E-state index is 0.555. The lowest BCUT2D eigenvalue weighted by molar-refractivity contribution is 0.635. The molecule has 0 saturated carbocycles. The van der Waals surface area contributed by atoms with Gasteiger partial charge >= 0.3 is 0 Å². The fourth-order valence-corrected chi connectivity index (χ4v) is 1.20. The van der Waals surface area contributed by atoms with Crippen molar-refractivity contribution in [1.29, 1.82) is 0 Å². The van der Waals surface area contributed by atoms with Gasteiger partial charge < -0.3 is 0 Å². The van der Waals surface area contributed by atoms with Gasteiger partial charge in [-0.2, -0.15) is 0 Å². The molecule has 0 heterocycles. The van der Waals surface area contributed by atoms with Crippen molar-refractivity contribution in [2.45, 2.75) is 13.8 Å². The highest BCUT2D eigenvalue weighted by Gasteiger charge is 2.01. The molecule has 0 amide bonds. The standard InChI is InChI=1S/C4H14N3PS/c1-4(2)3-7-8(5,6)9/h4H,3H2,1-2H3,(H5,5,6,7,9). The molecule has 0 aromatic carbocycles. The van der Waals surface area contributed by atoms with Crippen molar-refractivity contribution >= 4 is 18.3 Å². The lowest BCUT2D eigenvalue weighted by Gasteiger charge is -2.13. The largest absolute Gasteiger partial charge is 0.280 e. The quantitative estimate of drug-likeness (QED) is 0.531. The fourth-order valence-electron chi connectivity index (χ4n) is 0.325. The monoisotopic (exact) mass is 167 g/mol. The van der Waals surface area contributed by atoms with Gasteiger partial charge in [0.1, 0.15) is 6.49 Å². The Labute approximate surface area is 61.4 Å². The highest BCUT2D eigenvalue weighted by atomic mass is 32.4. The Bertz CT molecular complexity index is 119. The van der Waals surface area contributed by atoms with Crippen LogP contribution in [0.5, 0.6) is 0 Å². The van der Waals surface area contributed by atoms with Crippen molar-refractivity contribution in [2.75, 3.05) is 6.54 Å². The summed E-state index contributed by atoms with van der Waals surface area (Å²) in [6.45, 7) is 2.84. The lowest BCUT2D eigenvalue weighted by Crippen LogP contribution is -2.25. The molecule has 56 valence electrons. The van der Waals surface area contributed by atoms with Gasteiger partial charge in [-0.15, -0.1) is 0 Å². The van der Waals surface area contributed by atoms with Gasteiger partial charge in [-0.1, -0.05) is 13.8 Å². The molecule has 0 spiro atoms. The Morgan fingerprint density at radius 1 is 1.56 bits per heavy atom. The van der Waals surface area contributed by atoms with Gasteiger partial charge in [0, 0.05) is 6.54 Å². The number of hydrogen-bond acceptors (Lipinski definition) is 1. The molecule has 0 aliphatic heterocycles. The molecule has 0 rings (SSSR count). The number of nitrogens with one attached hydrogen (secondary N) is 1. The summed E-state index contributed by atoms with van der Waals surface area (Å²) in [6.07, 6.45) is 0. The number of rotatable bonds is 3. The molecule has 0 aliphatic rings. The summed E-state index contributed by atoms with van der Waals surface area (Å²) in [6, 6.07) is 0. The summed E-state index contributed by atoms with van der Waals surface area (Å²) >= 11 is 4.76. The maximum absolute atomic E-state index is 5.38. The predicted molar refractivity (Wildman–Crippen MR) is 45.5 cm³/mol. The molecule has 0 radical (unpaired) electrons. The third kappa shape index (κ3) is 8.53. The molecule has 0 aromatic rings. The highest BCUT2D eigenvalue weighted by molar-refractivity contribution is 8.11. The van der Waals surface area contributed by atoms with Crippen molar-refractivity contribution in [3.63, 3.8) is 0 Å². The van der Waals surface area contributed by atoms with E-state index < -0.39 is 6.49 Å². The van der Waals surface area contributed by atoms with Crippen LogP contribution in [0.4, 0.5) is 0 Å². The maximum Gasteiger partial charge on any atom is 0.132 e. The van der Waals surface area contributed by atoms with E-state index in [1.54, 1.807) is 0 Å². The van der Waals surface area contributed by atoms with Crippen molar-refractivity contribution in [1.82, 2.24) is 5.09 Å². The lowest BCUT2D eigenvalue weighted by atomic mass is 10.2. The normalized spacial score (nSPS) is 12.6. The first-order chi connectivity index (χ1) is 3.92. The van der Waals surface area contributed by atoms with E-state index in [0.29, 0.717) is 5.92 Å². The van der Waals surface area contributed by atoms with E-state index in [-0.39, 0.29) is 0 Å². The molecule has 0 aromatic heterocycles. The second kappa shape index (κ2) is 3.64. The molecule has 0 bridgehead atoms. The Hall–Kier alpha value is 0.530. The Morgan fingerprint density at radius 2 is 2.00 bits per heavy atom.